The minimum atomic E-state index is -0.184. The van der Waals surface area contributed by atoms with E-state index in [4.69, 9.17) is 0 Å². The van der Waals surface area contributed by atoms with E-state index in [1.165, 1.54) is 0 Å². The molecule has 0 radical (unpaired) electrons. The first-order valence-corrected chi connectivity index (χ1v) is 5.36. The van der Waals surface area contributed by atoms with Crippen LogP contribution in [0.5, 0.6) is 0 Å². The SMILES string of the molecule is CC(C)CC=NNC(=O)c1ccc[n+](C)c1. The standard InChI is InChI=1S/C12H17N3O/c1-10(2)6-7-13-14-12(16)11-5-4-8-15(3)9-11/h4-5,7-10H,6H2,1-3H3/p+1. The van der Waals surface area contributed by atoms with Crippen LogP contribution >= 0.6 is 0 Å². The van der Waals surface area contributed by atoms with Crippen LogP contribution < -0.4 is 9.99 Å². The molecule has 0 aliphatic heterocycles. The Kier molecular flexibility index (Phi) is 4.64. The number of carbonyl (C=O) groups is 1. The average molecular weight is 220 g/mol. The van der Waals surface area contributed by atoms with Crippen molar-refractivity contribution < 1.29 is 9.36 Å². The highest BCUT2D eigenvalue weighted by atomic mass is 16.2. The summed E-state index contributed by atoms with van der Waals surface area (Å²) in [5, 5.41) is 3.88. The van der Waals surface area contributed by atoms with Gasteiger partial charge < -0.3 is 0 Å². The van der Waals surface area contributed by atoms with Crippen molar-refractivity contribution >= 4 is 12.1 Å². The molecule has 1 rings (SSSR count). The molecule has 0 spiro atoms. The molecule has 4 heteroatoms. The molecule has 0 fully saturated rings. The van der Waals surface area contributed by atoms with Gasteiger partial charge in [0.05, 0.1) is 0 Å². The van der Waals surface area contributed by atoms with Crippen molar-refractivity contribution in [3.8, 4) is 0 Å². The van der Waals surface area contributed by atoms with E-state index >= 15 is 0 Å². The Bertz CT molecular complexity index is 386. The summed E-state index contributed by atoms with van der Waals surface area (Å²) < 4.78 is 1.83. The van der Waals surface area contributed by atoms with Gasteiger partial charge in [0, 0.05) is 12.3 Å². The number of hydrazone groups is 1. The van der Waals surface area contributed by atoms with Crippen molar-refractivity contribution in [1.82, 2.24) is 5.43 Å². The quantitative estimate of drug-likeness (QED) is 0.463. The Balaban J connectivity index is 2.50. The predicted octanol–water partition coefficient (Wildman–Crippen LogP) is 1.27. The highest BCUT2D eigenvalue weighted by Crippen LogP contribution is 1.95. The first-order valence-electron chi connectivity index (χ1n) is 5.36. The van der Waals surface area contributed by atoms with Crippen molar-refractivity contribution in [2.75, 3.05) is 0 Å². The predicted molar refractivity (Wildman–Crippen MR) is 63.0 cm³/mol. The molecule has 0 saturated carbocycles. The lowest BCUT2D eigenvalue weighted by Gasteiger charge is -1.99. The topological polar surface area (TPSA) is 45.3 Å². The second-order valence-electron chi connectivity index (χ2n) is 4.14. The third-order valence-corrected chi connectivity index (χ3v) is 2.04. The largest absolute Gasteiger partial charge is 0.277 e. The Morgan fingerprint density at radius 1 is 1.62 bits per heavy atom. The van der Waals surface area contributed by atoms with E-state index < -0.39 is 0 Å². The lowest BCUT2D eigenvalue weighted by Crippen LogP contribution is -2.29. The Hall–Kier alpha value is -1.71. The lowest BCUT2D eigenvalue weighted by atomic mass is 10.2. The van der Waals surface area contributed by atoms with Gasteiger partial charge in [-0.25, -0.2) is 9.99 Å². The Morgan fingerprint density at radius 3 is 3.00 bits per heavy atom. The maximum atomic E-state index is 11.6. The van der Waals surface area contributed by atoms with Crippen LogP contribution in [-0.2, 0) is 7.05 Å². The molecule has 0 saturated heterocycles. The molecule has 1 aromatic rings. The molecule has 16 heavy (non-hydrogen) atoms. The highest BCUT2D eigenvalue weighted by Gasteiger charge is 2.07. The van der Waals surface area contributed by atoms with Crippen molar-refractivity contribution in [2.24, 2.45) is 18.1 Å². The first-order chi connectivity index (χ1) is 7.59. The minimum Gasteiger partial charge on any atom is -0.267 e. The zero-order chi connectivity index (χ0) is 12.0. The minimum absolute atomic E-state index is 0.184. The number of pyridine rings is 1. The van der Waals surface area contributed by atoms with Crippen LogP contribution in [0.25, 0.3) is 0 Å². The summed E-state index contributed by atoms with van der Waals surface area (Å²) in [4.78, 5) is 11.6. The zero-order valence-electron chi connectivity index (χ0n) is 9.97. The van der Waals surface area contributed by atoms with Gasteiger partial charge in [0.1, 0.15) is 12.6 Å². The summed E-state index contributed by atoms with van der Waals surface area (Å²) in [6.45, 7) is 4.20. The number of nitrogens with one attached hydrogen (secondary N) is 1. The van der Waals surface area contributed by atoms with Crippen LogP contribution in [0.1, 0.15) is 30.6 Å². The van der Waals surface area contributed by atoms with Gasteiger partial charge in [-0.15, -0.1) is 0 Å². The van der Waals surface area contributed by atoms with Crippen LogP contribution in [0.15, 0.2) is 29.6 Å². The fourth-order valence-electron chi connectivity index (χ4n) is 1.15. The molecule has 0 atom stereocenters. The molecule has 0 unspecified atom stereocenters. The molecule has 1 amide bonds. The van der Waals surface area contributed by atoms with Gasteiger partial charge in [-0.05, 0) is 18.4 Å². The Morgan fingerprint density at radius 2 is 2.38 bits per heavy atom. The third kappa shape index (κ3) is 4.21. The molecule has 0 bridgehead atoms. The number of hydrogen-bond donors (Lipinski definition) is 1. The van der Waals surface area contributed by atoms with Gasteiger partial charge in [-0.3, -0.25) is 4.79 Å². The third-order valence-electron chi connectivity index (χ3n) is 2.04. The molecule has 86 valence electrons. The molecule has 4 nitrogen and oxygen atoms in total. The Labute approximate surface area is 96.0 Å². The van der Waals surface area contributed by atoms with Crippen LogP contribution in [0.4, 0.5) is 0 Å². The summed E-state index contributed by atoms with van der Waals surface area (Å²) in [6.07, 6.45) is 6.22. The molecule has 1 aromatic heterocycles. The van der Waals surface area contributed by atoms with E-state index in [0.29, 0.717) is 11.5 Å². The van der Waals surface area contributed by atoms with Gasteiger partial charge in [0.2, 0.25) is 0 Å². The number of amides is 1. The van der Waals surface area contributed by atoms with Gasteiger partial charge in [0.25, 0.3) is 5.91 Å². The summed E-state index contributed by atoms with van der Waals surface area (Å²) >= 11 is 0. The van der Waals surface area contributed by atoms with Gasteiger partial charge >= 0.3 is 0 Å². The molecule has 0 aromatic carbocycles. The number of nitrogens with zero attached hydrogens (tertiary/aromatic N) is 2. The van der Waals surface area contributed by atoms with Gasteiger partial charge in [-0.2, -0.15) is 5.10 Å². The van der Waals surface area contributed by atoms with E-state index in [-0.39, 0.29) is 5.91 Å². The number of rotatable bonds is 4. The van der Waals surface area contributed by atoms with Crippen LogP contribution in [-0.4, -0.2) is 12.1 Å². The number of carbonyl (C=O) groups excluding carboxylic acids is 1. The lowest BCUT2D eigenvalue weighted by molar-refractivity contribution is -0.671. The maximum absolute atomic E-state index is 11.6. The van der Waals surface area contributed by atoms with Crippen molar-refractivity contribution in [1.29, 1.82) is 0 Å². The van der Waals surface area contributed by atoms with Crippen molar-refractivity contribution in [3.63, 3.8) is 0 Å². The molecular weight excluding hydrogens is 202 g/mol. The monoisotopic (exact) mass is 220 g/mol. The van der Waals surface area contributed by atoms with Gasteiger partial charge in [-0.1, -0.05) is 13.8 Å². The molecule has 0 aliphatic rings. The summed E-state index contributed by atoms with van der Waals surface area (Å²) in [5.41, 5.74) is 3.10. The van der Waals surface area contributed by atoms with Crippen LogP contribution in [0.2, 0.25) is 0 Å². The van der Waals surface area contributed by atoms with E-state index in [1.807, 2.05) is 23.9 Å². The summed E-state index contributed by atoms with van der Waals surface area (Å²) in [6, 6.07) is 3.58. The summed E-state index contributed by atoms with van der Waals surface area (Å²) in [7, 11) is 1.87. The van der Waals surface area contributed by atoms with E-state index in [0.717, 1.165) is 6.42 Å². The van der Waals surface area contributed by atoms with E-state index in [9.17, 15) is 4.79 Å². The highest BCUT2D eigenvalue weighted by molar-refractivity contribution is 5.93. The number of hydrogen-bond acceptors (Lipinski definition) is 2. The second kappa shape index (κ2) is 6.00. The molecule has 0 aliphatic carbocycles. The maximum Gasteiger partial charge on any atom is 0.277 e. The number of aryl methyl sites for hydroxylation is 1. The fraction of sp³-hybridized carbons (Fsp3) is 0.417. The summed E-state index contributed by atoms with van der Waals surface area (Å²) in [5.74, 6) is 0.367. The van der Waals surface area contributed by atoms with E-state index in [2.05, 4.69) is 24.4 Å². The van der Waals surface area contributed by atoms with Crippen LogP contribution in [0, 0.1) is 5.92 Å². The smallest absolute Gasteiger partial charge is 0.267 e. The van der Waals surface area contributed by atoms with Crippen LogP contribution in [0.3, 0.4) is 0 Å². The molecular formula is C12H18N3O+. The van der Waals surface area contributed by atoms with E-state index in [1.54, 1.807) is 18.5 Å². The molecule has 1 heterocycles. The second-order valence-corrected chi connectivity index (χ2v) is 4.14. The van der Waals surface area contributed by atoms with Gasteiger partial charge in [0.15, 0.2) is 12.4 Å². The normalized spacial score (nSPS) is 11.0. The van der Waals surface area contributed by atoms with Crippen molar-refractivity contribution in [2.45, 2.75) is 20.3 Å². The zero-order valence-corrected chi connectivity index (χ0v) is 9.97. The number of aromatic nitrogens is 1. The average Bonchev–Trinajstić information content (AvgIpc) is 2.24. The molecule has 1 N–H and O–H groups in total. The van der Waals surface area contributed by atoms with Crippen molar-refractivity contribution in [3.05, 3.63) is 30.1 Å². The first kappa shape index (κ1) is 12.4. The fourth-order valence-corrected chi connectivity index (χ4v) is 1.15.